The minimum absolute atomic E-state index is 0.189. The van der Waals surface area contributed by atoms with Gasteiger partial charge in [-0.1, -0.05) is 30.3 Å². The molecule has 0 atom stereocenters. The van der Waals surface area contributed by atoms with E-state index in [1.54, 1.807) is 12.1 Å². The predicted octanol–water partition coefficient (Wildman–Crippen LogP) is 2.88. The summed E-state index contributed by atoms with van der Waals surface area (Å²) in [4.78, 5) is 16.0. The molecule has 0 aliphatic carbocycles. The van der Waals surface area contributed by atoms with Gasteiger partial charge in [-0.25, -0.2) is 13.5 Å². The minimum Gasteiger partial charge on any atom is -0.317 e. The second-order valence-electron chi connectivity index (χ2n) is 8.44. The van der Waals surface area contributed by atoms with E-state index in [4.69, 9.17) is 0 Å². The van der Waals surface area contributed by atoms with E-state index in [0.29, 0.717) is 43.8 Å². The Bertz CT molecular complexity index is 1220. The summed E-state index contributed by atoms with van der Waals surface area (Å²) in [6.07, 6.45) is 1.70. The molecule has 0 saturated carbocycles. The van der Waals surface area contributed by atoms with Gasteiger partial charge in [0, 0.05) is 11.1 Å². The topological polar surface area (TPSA) is 99.6 Å². The first-order chi connectivity index (χ1) is 15.3. The number of amides is 1. The van der Waals surface area contributed by atoms with Crippen LogP contribution in [0.2, 0.25) is 0 Å². The zero-order valence-corrected chi connectivity index (χ0v) is 18.8. The standard InChI is InChI=1S/C24H27N3O4S/c1-18-14-20(22-4-2-3-5-23(22)26-18)15-19-6-8-21(9-7-19)32(30,31)16-24(27(29)17-28)10-12-25-13-11-24/h2-9,14,17,25,29H,10-13,15-16H2,1H3. The fraction of sp³-hybridized carbons (Fsp3) is 0.333. The molecule has 8 heteroatoms. The van der Waals surface area contributed by atoms with E-state index in [1.807, 2.05) is 43.3 Å². The van der Waals surface area contributed by atoms with E-state index in [1.165, 1.54) is 0 Å². The molecule has 0 radical (unpaired) electrons. The van der Waals surface area contributed by atoms with Crippen LogP contribution in [0.4, 0.5) is 0 Å². The number of benzene rings is 2. The monoisotopic (exact) mass is 453 g/mol. The van der Waals surface area contributed by atoms with E-state index in [2.05, 4.69) is 16.4 Å². The highest BCUT2D eigenvalue weighted by atomic mass is 32.2. The van der Waals surface area contributed by atoms with E-state index in [-0.39, 0.29) is 10.6 Å². The zero-order valence-electron chi connectivity index (χ0n) is 18.0. The van der Waals surface area contributed by atoms with E-state index < -0.39 is 15.4 Å². The molecule has 0 spiro atoms. The Morgan fingerprint density at radius 1 is 1.12 bits per heavy atom. The van der Waals surface area contributed by atoms with Gasteiger partial charge < -0.3 is 5.32 Å². The molecule has 1 aromatic heterocycles. The summed E-state index contributed by atoms with van der Waals surface area (Å²) in [5, 5.41) is 14.9. The van der Waals surface area contributed by atoms with Crippen LogP contribution >= 0.6 is 0 Å². The maximum absolute atomic E-state index is 13.1. The van der Waals surface area contributed by atoms with Crippen molar-refractivity contribution in [1.82, 2.24) is 15.4 Å². The van der Waals surface area contributed by atoms with Crippen molar-refractivity contribution in [2.75, 3.05) is 18.8 Å². The maximum Gasteiger partial charge on any atom is 0.233 e. The van der Waals surface area contributed by atoms with Gasteiger partial charge in [0.2, 0.25) is 6.41 Å². The molecule has 2 N–H and O–H groups in total. The van der Waals surface area contributed by atoms with E-state index >= 15 is 0 Å². The fourth-order valence-corrected chi connectivity index (χ4v) is 6.30. The number of fused-ring (bicyclic) bond motifs is 1. The number of nitrogens with one attached hydrogen (secondary N) is 1. The van der Waals surface area contributed by atoms with Crippen LogP contribution < -0.4 is 5.32 Å². The average molecular weight is 454 g/mol. The molecule has 4 rings (SSSR count). The second kappa shape index (κ2) is 8.97. The van der Waals surface area contributed by atoms with Crippen molar-refractivity contribution in [3.63, 3.8) is 0 Å². The third-order valence-corrected chi connectivity index (χ3v) is 8.09. The molecule has 0 bridgehead atoms. The molecule has 3 aromatic rings. The van der Waals surface area contributed by atoms with Gasteiger partial charge in [0.25, 0.3) is 0 Å². The lowest BCUT2D eigenvalue weighted by Gasteiger charge is -2.40. The minimum atomic E-state index is -3.70. The smallest absolute Gasteiger partial charge is 0.233 e. The van der Waals surface area contributed by atoms with Crippen LogP contribution in [0, 0.1) is 6.92 Å². The summed E-state index contributed by atoms with van der Waals surface area (Å²) < 4.78 is 26.3. The molecule has 0 unspecified atom stereocenters. The number of sulfone groups is 1. The predicted molar refractivity (Wildman–Crippen MR) is 122 cm³/mol. The van der Waals surface area contributed by atoms with Crippen molar-refractivity contribution in [3.05, 3.63) is 71.4 Å². The molecule has 168 valence electrons. The summed E-state index contributed by atoms with van der Waals surface area (Å²) in [5.41, 5.74) is 2.90. The molecule has 2 aromatic carbocycles. The van der Waals surface area contributed by atoms with Crippen LogP contribution in [-0.4, -0.2) is 54.5 Å². The van der Waals surface area contributed by atoms with Crippen LogP contribution in [0.5, 0.6) is 0 Å². The molecule has 1 fully saturated rings. The van der Waals surface area contributed by atoms with Crippen LogP contribution in [0.3, 0.4) is 0 Å². The van der Waals surface area contributed by atoms with Crippen LogP contribution in [0.15, 0.2) is 59.5 Å². The number of para-hydroxylation sites is 1. The van der Waals surface area contributed by atoms with E-state index in [9.17, 15) is 18.4 Å². The first kappa shape index (κ1) is 22.4. The van der Waals surface area contributed by atoms with Gasteiger partial charge in [-0.05, 0) is 74.7 Å². The number of hydrogen-bond acceptors (Lipinski definition) is 6. The van der Waals surface area contributed by atoms with Crippen molar-refractivity contribution in [2.24, 2.45) is 0 Å². The van der Waals surface area contributed by atoms with Crippen molar-refractivity contribution in [3.8, 4) is 0 Å². The first-order valence-electron chi connectivity index (χ1n) is 10.6. The third kappa shape index (κ3) is 4.53. The number of pyridine rings is 1. The molecule has 1 aliphatic rings. The highest BCUT2D eigenvalue weighted by molar-refractivity contribution is 7.91. The Labute approximate surface area is 188 Å². The van der Waals surface area contributed by atoms with Gasteiger partial charge >= 0.3 is 0 Å². The third-order valence-electron chi connectivity index (χ3n) is 6.19. The van der Waals surface area contributed by atoms with Crippen molar-refractivity contribution >= 4 is 27.2 Å². The average Bonchev–Trinajstić information content (AvgIpc) is 2.79. The van der Waals surface area contributed by atoms with Gasteiger partial charge in [-0.2, -0.15) is 0 Å². The van der Waals surface area contributed by atoms with Crippen molar-refractivity contribution in [2.45, 2.75) is 36.6 Å². The van der Waals surface area contributed by atoms with Gasteiger partial charge in [0.15, 0.2) is 9.84 Å². The van der Waals surface area contributed by atoms with Crippen molar-refractivity contribution < 1.29 is 18.4 Å². The summed E-state index contributed by atoms with van der Waals surface area (Å²) >= 11 is 0. The number of piperidine rings is 1. The summed E-state index contributed by atoms with van der Waals surface area (Å²) in [6, 6.07) is 16.9. The van der Waals surface area contributed by atoms with Gasteiger partial charge in [0.1, 0.15) is 0 Å². The molecule has 7 nitrogen and oxygen atoms in total. The Hall–Kier alpha value is -2.81. The molecule has 1 aliphatic heterocycles. The fourth-order valence-electron chi connectivity index (χ4n) is 4.46. The number of carbonyl (C=O) groups is 1. The molecule has 1 saturated heterocycles. The highest BCUT2D eigenvalue weighted by Gasteiger charge is 2.42. The lowest BCUT2D eigenvalue weighted by molar-refractivity contribution is -0.180. The number of aryl methyl sites for hydroxylation is 1. The van der Waals surface area contributed by atoms with Gasteiger partial charge in [-0.3, -0.25) is 15.0 Å². The van der Waals surface area contributed by atoms with Gasteiger partial charge in [0.05, 0.1) is 21.7 Å². The number of nitrogens with zero attached hydrogens (tertiary/aromatic N) is 2. The second-order valence-corrected chi connectivity index (χ2v) is 10.4. The number of rotatable bonds is 7. The van der Waals surface area contributed by atoms with Crippen LogP contribution in [0.25, 0.3) is 10.9 Å². The summed E-state index contributed by atoms with van der Waals surface area (Å²) in [7, 11) is -3.70. The van der Waals surface area contributed by atoms with Gasteiger partial charge in [-0.15, -0.1) is 0 Å². The molecule has 1 amide bonds. The Morgan fingerprint density at radius 2 is 1.81 bits per heavy atom. The van der Waals surface area contributed by atoms with Crippen molar-refractivity contribution in [1.29, 1.82) is 0 Å². The Kier molecular flexibility index (Phi) is 6.28. The first-order valence-corrected chi connectivity index (χ1v) is 12.3. The molecule has 32 heavy (non-hydrogen) atoms. The normalized spacial score (nSPS) is 16.1. The van der Waals surface area contributed by atoms with Crippen LogP contribution in [-0.2, 0) is 21.1 Å². The number of aromatic nitrogens is 1. The Morgan fingerprint density at radius 3 is 2.50 bits per heavy atom. The lowest BCUT2D eigenvalue weighted by Crippen LogP contribution is -2.56. The number of hydrogen-bond donors (Lipinski definition) is 2. The van der Waals surface area contributed by atoms with E-state index in [0.717, 1.165) is 27.7 Å². The maximum atomic E-state index is 13.1. The number of carbonyl (C=O) groups excluding carboxylic acids is 1. The zero-order chi connectivity index (χ0) is 22.8. The summed E-state index contributed by atoms with van der Waals surface area (Å²) in [5.74, 6) is -0.315. The molecule has 2 heterocycles. The SMILES string of the molecule is Cc1cc(Cc2ccc(S(=O)(=O)CC3(N(O)C=O)CCNCC3)cc2)c2ccccc2n1. The summed E-state index contributed by atoms with van der Waals surface area (Å²) in [6.45, 7) is 3.04. The highest BCUT2D eigenvalue weighted by Crippen LogP contribution is 2.29. The van der Waals surface area contributed by atoms with Crippen LogP contribution in [0.1, 0.15) is 29.7 Å². The Balaban J connectivity index is 1.58. The largest absolute Gasteiger partial charge is 0.317 e. The lowest BCUT2D eigenvalue weighted by atomic mass is 9.90. The molecular formula is C24H27N3O4S. The molecular weight excluding hydrogens is 426 g/mol. The quantitative estimate of drug-likeness (QED) is 0.324. The number of hydroxylamine groups is 2.